The highest BCUT2D eigenvalue weighted by molar-refractivity contribution is 7.10. The molecule has 1 atom stereocenters. The van der Waals surface area contributed by atoms with E-state index in [9.17, 15) is 4.79 Å². The molecular weight excluding hydrogens is 256 g/mol. The van der Waals surface area contributed by atoms with Crippen LogP contribution in [0.4, 0.5) is 5.69 Å². The monoisotopic (exact) mass is 272 g/mol. The molecule has 19 heavy (non-hydrogen) atoms. The number of nitrogens with one attached hydrogen (secondary N) is 1. The van der Waals surface area contributed by atoms with Crippen LogP contribution in [-0.4, -0.2) is 16.8 Å². The van der Waals surface area contributed by atoms with E-state index >= 15 is 0 Å². The fourth-order valence-corrected chi connectivity index (χ4v) is 3.23. The van der Waals surface area contributed by atoms with Crippen molar-refractivity contribution in [1.29, 1.82) is 0 Å². The van der Waals surface area contributed by atoms with E-state index in [-0.39, 0.29) is 18.1 Å². The van der Waals surface area contributed by atoms with Crippen molar-refractivity contribution in [2.75, 3.05) is 5.32 Å². The number of hydrogen-bond acceptors (Lipinski definition) is 3. The molecule has 1 amide bonds. The highest BCUT2D eigenvalue weighted by Crippen LogP contribution is 2.35. The first-order chi connectivity index (χ1) is 9.18. The van der Waals surface area contributed by atoms with Gasteiger partial charge in [-0.05, 0) is 37.4 Å². The third-order valence-corrected chi connectivity index (χ3v) is 4.26. The number of para-hydroxylation sites is 1. The molecule has 98 valence electrons. The molecule has 3 nitrogen and oxygen atoms in total. The van der Waals surface area contributed by atoms with E-state index in [0.717, 1.165) is 16.1 Å². The van der Waals surface area contributed by atoms with E-state index < -0.39 is 0 Å². The Labute approximate surface area is 116 Å². The highest BCUT2D eigenvalue weighted by atomic mass is 32.1. The Morgan fingerprint density at radius 1 is 1.21 bits per heavy atom. The van der Waals surface area contributed by atoms with E-state index in [0.29, 0.717) is 0 Å². The van der Waals surface area contributed by atoms with Crippen molar-refractivity contribution in [3.05, 3.63) is 52.2 Å². The first-order valence-corrected chi connectivity index (χ1v) is 7.28. The molecule has 0 aliphatic carbocycles. The number of amides is 1. The number of thiophene rings is 1. The fourth-order valence-electron chi connectivity index (χ4n) is 2.46. The lowest BCUT2D eigenvalue weighted by Crippen LogP contribution is -2.46. The summed E-state index contributed by atoms with van der Waals surface area (Å²) in [5.74, 6) is 0.0998. The second-order valence-electron chi connectivity index (χ2n) is 4.91. The van der Waals surface area contributed by atoms with Gasteiger partial charge in [0.2, 0.25) is 0 Å². The van der Waals surface area contributed by atoms with Crippen LogP contribution in [0.5, 0.6) is 0 Å². The molecule has 1 aromatic heterocycles. The lowest BCUT2D eigenvalue weighted by molar-refractivity contribution is 0.0620. The van der Waals surface area contributed by atoms with Crippen LogP contribution in [0.3, 0.4) is 0 Å². The van der Waals surface area contributed by atoms with E-state index in [1.54, 1.807) is 11.3 Å². The molecule has 0 radical (unpaired) electrons. The van der Waals surface area contributed by atoms with E-state index in [1.165, 1.54) is 0 Å². The van der Waals surface area contributed by atoms with Crippen molar-refractivity contribution in [1.82, 2.24) is 4.90 Å². The maximum atomic E-state index is 12.7. The van der Waals surface area contributed by atoms with Crippen LogP contribution < -0.4 is 5.32 Å². The summed E-state index contributed by atoms with van der Waals surface area (Å²) in [6.45, 7) is 4.10. The average molecular weight is 272 g/mol. The second-order valence-corrected chi connectivity index (χ2v) is 5.89. The van der Waals surface area contributed by atoms with Crippen molar-refractivity contribution in [3.8, 4) is 0 Å². The molecule has 2 aromatic rings. The number of benzene rings is 1. The molecule has 1 unspecified atom stereocenters. The zero-order chi connectivity index (χ0) is 13.4. The zero-order valence-corrected chi connectivity index (χ0v) is 11.8. The first-order valence-electron chi connectivity index (χ1n) is 6.40. The summed E-state index contributed by atoms with van der Waals surface area (Å²) in [6.07, 6.45) is -0.0672. The molecule has 1 aliphatic rings. The Morgan fingerprint density at radius 3 is 2.68 bits per heavy atom. The van der Waals surface area contributed by atoms with Gasteiger partial charge in [-0.2, -0.15) is 0 Å². The minimum absolute atomic E-state index is 0.0672. The van der Waals surface area contributed by atoms with Gasteiger partial charge in [-0.3, -0.25) is 4.79 Å². The van der Waals surface area contributed by atoms with Gasteiger partial charge in [0.25, 0.3) is 5.91 Å². The summed E-state index contributed by atoms with van der Waals surface area (Å²) in [6, 6.07) is 11.9. The van der Waals surface area contributed by atoms with Crippen molar-refractivity contribution in [3.63, 3.8) is 0 Å². The van der Waals surface area contributed by atoms with Gasteiger partial charge in [0.1, 0.15) is 6.17 Å². The molecule has 0 saturated carbocycles. The molecule has 0 saturated heterocycles. The molecule has 0 spiro atoms. The summed E-state index contributed by atoms with van der Waals surface area (Å²) < 4.78 is 0. The Hall–Kier alpha value is -1.81. The first kappa shape index (κ1) is 12.2. The summed E-state index contributed by atoms with van der Waals surface area (Å²) in [5.41, 5.74) is 1.67. The summed E-state index contributed by atoms with van der Waals surface area (Å²) in [4.78, 5) is 15.7. The Morgan fingerprint density at radius 2 is 2.00 bits per heavy atom. The van der Waals surface area contributed by atoms with E-state index in [1.807, 2.05) is 54.5 Å². The van der Waals surface area contributed by atoms with Crippen LogP contribution in [0, 0.1) is 0 Å². The smallest absolute Gasteiger partial charge is 0.258 e. The van der Waals surface area contributed by atoms with Crippen LogP contribution >= 0.6 is 11.3 Å². The fraction of sp³-hybridized carbons (Fsp3) is 0.267. The number of carbonyl (C=O) groups excluding carboxylic acids is 1. The predicted molar refractivity (Wildman–Crippen MR) is 78.4 cm³/mol. The lowest BCUT2D eigenvalue weighted by atomic mass is 10.1. The topological polar surface area (TPSA) is 32.3 Å². The van der Waals surface area contributed by atoms with Crippen LogP contribution in [0.1, 0.15) is 35.2 Å². The normalized spacial score (nSPS) is 18.4. The average Bonchev–Trinajstić information content (AvgIpc) is 2.92. The third-order valence-electron chi connectivity index (χ3n) is 3.33. The zero-order valence-electron chi connectivity index (χ0n) is 11.0. The van der Waals surface area contributed by atoms with Crippen molar-refractivity contribution in [2.45, 2.75) is 26.1 Å². The molecule has 1 N–H and O–H groups in total. The lowest BCUT2D eigenvalue weighted by Gasteiger charge is -2.40. The van der Waals surface area contributed by atoms with E-state index in [4.69, 9.17) is 0 Å². The Bertz CT molecular complexity index is 592. The van der Waals surface area contributed by atoms with Crippen molar-refractivity contribution >= 4 is 22.9 Å². The summed E-state index contributed by atoms with van der Waals surface area (Å²) in [7, 11) is 0. The quantitative estimate of drug-likeness (QED) is 0.903. The van der Waals surface area contributed by atoms with Gasteiger partial charge in [0.15, 0.2) is 0 Å². The standard InChI is InChI=1S/C15H16N2OS/c1-10(2)17-14(13-8-5-9-19-13)16-12-7-4-3-6-11(12)15(17)18/h3-10,14,16H,1-2H3. The minimum atomic E-state index is -0.0672. The number of nitrogens with zero attached hydrogens (tertiary/aromatic N) is 1. The summed E-state index contributed by atoms with van der Waals surface area (Å²) in [5, 5.41) is 5.52. The largest absolute Gasteiger partial charge is 0.360 e. The maximum Gasteiger partial charge on any atom is 0.258 e. The number of hydrogen-bond donors (Lipinski definition) is 1. The van der Waals surface area contributed by atoms with Gasteiger partial charge in [-0.25, -0.2) is 0 Å². The number of carbonyl (C=O) groups is 1. The molecule has 2 heterocycles. The van der Waals surface area contributed by atoms with E-state index in [2.05, 4.69) is 11.4 Å². The minimum Gasteiger partial charge on any atom is -0.360 e. The molecular formula is C15H16N2OS. The van der Waals surface area contributed by atoms with Crippen molar-refractivity contribution in [2.24, 2.45) is 0 Å². The molecule has 4 heteroatoms. The number of fused-ring (bicyclic) bond motifs is 1. The van der Waals surface area contributed by atoms with Crippen LogP contribution in [0.15, 0.2) is 41.8 Å². The predicted octanol–water partition coefficient (Wildman–Crippen LogP) is 3.72. The Kier molecular flexibility index (Phi) is 3.03. The van der Waals surface area contributed by atoms with Crippen LogP contribution in [0.25, 0.3) is 0 Å². The van der Waals surface area contributed by atoms with Gasteiger partial charge in [-0.15, -0.1) is 11.3 Å². The maximum absolute atomic E-state index is 12.7. The molecule has 0 bridgehead atoms. The highest BCUT2D eigenvalue weighted by Gasteiger charge is 2.34. The molecule has 0 fully saturated rings. The van der Waals surface area contributed by atoms with Crippen molar-refractivity contribution < 1.29 is 4.79 Å². The van der Waals surface area contributed by atoms with Crippen LogP contribution in [-0.2, 0) is 0 Å². The summed E-state index contributed by atoms with van der Waals surface area (Å²) >= 11 is 1.67. The third kappa shape index (κ3) is 2.02. The Balaban J connectivity index is 2.08. The van der Waals surface area contributed by atoms with Gasteiger partial charge >= 0.3 is 0 Å². The van der Waals surface area contributed by atoms with Gasteiger partial charge in [-0.1, -0.05) is 18.2 Å². The van der Waals surface area contributed by atoms with Gasteiger partial charge in [0.05, 0.1) is 5.56 Å². The SMILES string of the molecule is CC(C)N1C(=O)c2ccccc2NC1c1cccs1. The number of rotatable bonds is 2. The molecule has 1 aromatic carbocycles. The molecule has 3 rings (SSSR count). The van der Waals surface area contributed by atoms with Crippen LogP contribution in [0.2, 0.25) is 0 Å². The van der Waals surface area contributed by atoms with Gasteiger partial charge in [0, 0.05) is 16.6 Å². The van der Waals surface area contributed by atoms with Gasteiger partial charge < -0.3 is 10.2 Å². The second kappa shape index (κ2) is 4.70. The number of anilines is 1. The molecule has 1 aliphatic heterocycles.